The van der Waals surface area contributed by atoms with Gasteiger partial charge in [0.25, 0.3) is 0 Å². The third kappa shape index (κ3) is 6.49. The summed E-state index contributed by atoms with van der Waals surface area (Å²) in [5.74, 6) is -0.101. The largest absolute Gasteiger partial charge is 0.416 e. The number of nitrogens with two attached hydrogens (primary N) is 1. The summed E-state index contributed by atoms with van der Waals surface area (Å²) < 4.78 is 40.2. The molecule has 0 unspecified atom stereocenters. The summed E-state index contributed by atoms with van der Waals surface area (Å²) in [7, 11) is 0. The summed E-state index contributed by atoms with van der Waals surface area (Å²) in [6, 6.07) is 3.69. The number of alkyl halides is 3. The molecule has 1 aromatic carbocycles. The normalized spacial score (nSPS) is 15.6. The minimum Gasteiger partial charge on any atom is -0.402 e. The van der Waals surface area contributed by atoms with E-state index in [9.17, 15) is 18.0 Å². The van der Waals surface area contributed by atoms with E-state index in [1.807, 2.05) is 11.2 Å². The molecule has 0 spiro atoms. The number of allylic oxidation sites excluding steroid dienone is 2. The maximum absolute atomic E-state index is 13.4. The predicted octanol–water partition coefficient (Wildman–Crippen LogP) is 3.86. The summed E-state index contributed by atoms with van der Waals surface area (Å²) in [5, 5.41) is 0.541. The molecule has 1 aromatic heterocycles. The van der Waals surface area contributed by atoms with Gasteiger partial charge < -0.3 is 15.5 Å². The molecule has 34 heavy (non-hydrogen) atoms. The fraction of sp³-hybridized carbons (Fsp3) is 0.391. The molecule has 1 aliphatic rings. The van der Waals surface area contributed by atoms with Crippen molar-refractivity contribution in [3.8, 4) is 11.1 Å². The molecule has 1 amide bonds. The van der Waals surface area contributed by atoms with Crippen LogP contribution in [0.1, 0.15) is 19.4 Å². The van der Waals surface area contributed by atoms with Crippen LogP contribution in [-0.4, -0.2) is 65.5 Å². The summed E-state index contributed by atoms with van der Waals surface area (Å²) in [6.07, 6.45) is 2.14. The Morgan fingerprint density at radius 2 is 1.82 bits per heavy atom. The van der Waals surface area contributed by atoms with Crippen LogP contribution in [0.4, 0.5) is 18.9 Å². The molecule has 1 fully saturated rings. The van der Waals surface area contributed by atoms with Gasteiger partial charge in [-0.2, -0.15) is 13.2 Å². The Hall–Kier alpha value is -3.08. The van der Waals surface area contributed by atoms with Crippen molar-refractivity contribution >= 4 is 29.1 Å². The van der Waals surface area contributed by atoms with Gasteiger partial charge in [-0.05, 0) is 44.4 Å². The number of nitrogens with zero attached hydrogens (tertiary/aromatic N) is 5. The van der Waals surface area contributed by atoms with Gasteiger partial charge >= 0.3 is 6.18 Å². The lowest BCUT2D eigenvalue weighted by atomic mass is 10.0. The van der Waals surface area contributed by atoms with Crippen LogP contribution in [0.3, 0.4) is 0 Å². The molecule has 2 N–H and O–H groups in total. The van der Waals surface area contributed by atoms with E-state index < -0.39 is 11.7 Å². The van der Waals surface area contributed by atoms with Gasteiger partial charge in [0.15, 0.2) is 5.16 Å². The van der Waals surface area contributed by atoms with Gasteiger partial charge in [0.1, 0.15) is 6.54 Å². The number of benzene rings is 1. The lowest BCUT2D eigenvalue weighted by Gasteiger charge is -2.37. The molecule has 0 atom stereocenters. The van der Waals surface area contributed by atoms with E-state index in [0.29, 0.717) is 59.6 Å². The molecule has 11 heteroatoms. The van der Waals surface area contributed by atoms with Gasteiger partial charge in [-0.15, -0.1) is 0 Å². The number of hydrogen-bond acceptors (Lipinski definition) is 7. The first-order chi connectivity index (χ1) is 16.1. The Bertz CT molecular complexity index is 1070. The van der Waals surface area contributed by atoms with Crippen LogP contribution in [0.5, 0.6) is 0 Å². The van der Waals surface area contributed by atoms with Crippen LogP contribution >= 0.6 is 11.8 Å². The van der Waals surface area contributed by atoms with Gasteiger partial charge in [0, 0.05) is 66.8 Å². The minimum absolute atomic E-state index is 0.0280. The Morgan fingerprint density at radius 3 is 2.38 bits per heavy atom. The highest BCUT2D eigenvalue weighted by atomic mass is 32.2. The predicted molar refractivity (Wildman–Crippen MR) is 129 cm³/mol. The molecule has 0 saturated carbocycles. The Morgan fingerprint density at radius 1 is 1.18 bits per heavy atom. The fourth-order valence-electron chi connectivity index (χ4n) is 3.64. The van der Waals surface area contributed by atoms with Crippen LogP contribution in [-0.2, 0) is 11.0 Å². The number of aliphatic imine (C=N–C) groups is 1. The number of amides is 1. The number of piperazine rings is 1. The zero-order chi connectivity index (χ0) is 24.9. The lowest BCUT2D eigenvalue weighted by Crippen LogP contribution is -2.49. The molecule has 0 aliphatic carbocycles. The highest BCUT2D eigenvalue weighted by Gasteiger charge is 2.32. The van der Waals surface area contributed by atoms with Crippen LogP contribution < -0.4 is 10.6 Å². The van der Waals surface area contributed by atoms with E-state index in [0.717, 1.165) is 12.1 Å². The second kappa shape index (κ2) is 10.9. The number of thioether (sulfide) groups is 1. The van der Waals surface area contributed by atoms with Crippen molar-refractivity contribution in [1.82, 2.24) is 14.9 Å². The average molecular weight is 493 g/mol. The Kier molecular flexibility index (Phi) is 8.19. The standard InChI is InChI=1S/C23H27F3N6OS/c1-15(27)10-16(2)28-14-21(33)32-8-6-31(7-9-32)20-5-4-18(23(24,25)26)11-19(20)17-12-29-22(34-3)30-13-17/h4-5,10-13H,6-9,14,27H2,1-3H3. The van der Waals surface area contributed by atoms with Gasteiger partial charge in [0.05, 0.1) is 5.56 Å². The SMILES string of the molecule is CSc1ncc(-c2cc(C(F)(F)F)ccc2N2CCN(C(=O)CN=C(C)C=C(C)N)CC2)cn1. The second-order valence-electron chi connectivity index (χ2n) is 7.90. The molecular formula is C23H27F3N6OS. The van der Waals surface area contributed by atoms with Crippen LogP contribution in [0.25, 0.3) is 11.1 Å². The number of carbonyl (C=O) groups excluding carboxylic acids is 1. The molecule has 2 aromatic rings. The first-order valence-corrected chi connectivity index (χ1v) is 11.9. The molecule has 0 bridgehead atoms. The van der Waals surface area contributed by atoms with Crippen LogP contribution in [0.2, 0.25) is 0 Å². The first kappa shape index (κ1) is 25.5. The van der Waals surface area contributed by atoms with Crippen molar-refractivity contribution in [2.24, 2.45) is 10.7 Å². The molecule has 2 heterocycles. The third-order valence-corrected chi connectivity index (χ3v) is 5.89. The van der Waals surface area contributed by atoms with Crippen molar-refractivity contribution in [3.05, 3.63) is 47.9 Å². The van der Waals surface area contributed by atoms with Crippen molar-refractivity contribution in [1.29, 1.82) is 0 Å². The zero-order valence-corrected chi connectivity index (χ0v) is 20.1. The van der Waals surface area contributed by atoms with Crippen LogP contribution in [0.15, 0.2) is 52.5 Å². The van der Waals surface area contributed by atoms with E-state index in [2.05, 4.69) is 15.0 Å². The molecule has 1 saturated heterocycles. The van der Waals surface area contributed by atoms with Gasteiger partial charge in [0.2, 0.25) is 5.91 Å². The monoisotopic (exact) mass is 492 g/mol. The minimum atomic E-state index is -4.46. The fourth-order valence-corrected chi connectivity index (χ4v) is 3.96. The third-order valence-electron chi connectivity index (χ3n) is 5.32. The van der Waals surface area contributed by atoms with Crippen molar-refractivity contribution in [2.45, 2.75) is 25.2 Å². The number of anilines is 1. The number of carbonyl (C=O) groups is 1. The molecule has 3 rings (SSSR count). The molecule has 0 radical (unpaired) electrons. The summed E-state index contributed by atoms with van der Waals surface area (Å²) in [4.78, 5) is 28.9. The molecule has 7 nitrogen and oxygen atoms in total. The smallest absolute Gasteiger partial charge is 0.402 e. The van der Waals surface area contributed by atoms with Crippen molar-refractivity contribution in [3.63, 3.8) is 0 Å². The van der Waals surface area contributed by atoms with E-state index in [4.69, 9.17) is 5.73 Å². The van der Waals surface area contributed by atoms with Crippen molar-refractivity contribution < 1.29 is 18.0 Å². The van der Waals surface area contributed by atoms with Crippen LogP contribution in [0, 0.1) is 0 Å². The maximum Gasteiger partial charge on any atom is 0.416 e. The molecule has 1 aliphatic heterocycles. The maximum atomic E-state index is 13.4. The molecular weight excluding hydrogens is 465 g/mol. The van der Waals surface area contributed by atoms with E-state index in [1.54, 1.807) is 24.8 Å². The highest BCUT2D eigenvalue weighted by molar-refractivity contribution is 7.98. The lowest BCUT2D eigenvalue weighted by molar-refractivity contribution is -0.137. The van der Waals surface area contributed by atoms with Gasteiger partial charge in [-0.25, -0.2) is 9.97 Å². The zero-order valence-electron chi connectivity index (χ0n) is 19.3. The number of hydrogen-bond donors (Lipinski definition) is 1. The first-order valence-electron chi connectivity index (χ1n) is 10.6. The van der Waals surface area contributed by atoms with E-state index >= 15 is 0 Å². The average Bonchev–Trinajstić information content (AvgIpc) is 2.81. The number of rotatable bonds is 6. The van der Waals surface area contributed by atoms with Crippen molar-refractivity contribution in [2.75, 3.05) is 43.9 Å². The van der Waals surface area contributed by atoms with Gasteiger partial charge in [-0.3, -0.25) is 9.79 Å². The second-order valence-corrected chi connectivity index (χ2v) is 8.68. The highest BCUT2D eigenvalue weighted by Crippen LogP contribution is 2.37. The Labute approximate surface area is 201 Å². The topological polar surface area (TPSA) is 87.7 Å². The summed E-state index contributed by atoms with van der Waals surface area (Å²) in [6.45, 7) is 5.42. The van der Waals surface area contributed by atoms with E-state index in [1.165, 1.54) is 30.2 Å². The number of aromatic nitrogens is 2. The number of halogens is 3. The Balaban J connectivity index is 1.78. The quantitative estimate of drug-likeness (QED) is 0.374. The summed E-state index contributed by atoms with van der Waals surface area (Å²) in [5.41, 5.74) is 7.75. The van der Waals surface area contributed by atoms with Gasteiger partial charge in [-0.1, -0.05) is 11.8 Å². The molecule has 182 valence electrons. The summed E-state index contributed by atoms with van der Waals surface area (Å²) >= 11 is 1.36. The van der Waals surface area contributed by atoms with E-state index in [-0.39, 0.29) is 12.5 Å².